The van der Waals surface area contributed by atoms with Crippen LogP contribution in [0.4, 0.5) is 34.5 Å². The molecule has 698 valence electrons. The molecule has 3 fully saturated rings. The molecule has 0 spiro atoms. The maximum absolute atomic E-state index is 14.0. The van der Waals surface area contributed by atoms with Gasteiger partial charge in [-0.15, -0.1) is 47.3 Å². The number of ether oxygens (including phenoxy) is 5. The minimum Gasteiger partial charge on any atom is -0.508 e. The van der Waals surface area contributed by atoms with E-state index < -0.39 is 11.7 Å². The number of nitrogens with one attached hydrogen (secondary N) is 1. The van der Waals surface area contributed by atoms with Crippen LogP contribution in [0.25, 0.3) is 67.6 Å². The number of benzene rings is 9. The van der Waals surface area contributed by atoms with Crippen molar-refractivity contribution in [1.82, 2.24) is 72.0 Å². The van der Waals surface area contributed by atoms with Gasteiger partial charge in [-0.2, -0.15) is 0 Å². The molecule has 0 saturated heterocycles. The number of hydrogen-bond donors (Lipinski definition) is 6. The van der Waals surface area contributed by atoms with E-state index >= 15 is 0 Å². The number of halogens is 3. The van der Waals surface area contributed by atoms with Crippen molar-refractivity contribution < 1.29 is 48.3 Å². The second kappa shape index (κ2) is 44.7. The fourth-order valence-electron chi connectivity index (χ4n) is 14.7. The molecule has 6 heterocycles. The molecule has 3 aliphatic rings. The van der Waals surface area contributed by atoms with E-state index in [1.54, 1.807) is 173 Å². The molecule has 2 amide bonds. The van der Waals surface area contributed by atoms with Crippen LogP contribution in [0.1, 0.15) is 38.5 Å². The first-order valence-electron chi connectivity index (χ1n) is 43.1. The molecule has 3 aliphatic carbocycles. The number of anilines is 6. The molecule has 3 saturated carbocycles. The van der Waals surface area contributed by atoms with Crippen LogP contribution in [0.3, 0.4) is 0 Å². The molecule has 0 radical (unpaired) electrons. The summed E-state index contributed by atoms with van der Waals surface area (Å²) in [6.45, 7) is 2.18. The minimum absolute atomic E-state index is 0.145. The maximum atomic E-state index is 14.0. The van der Waals surface area contributed by atoms with E-state index in [0.717, 1.165) is 30.3 Å². The highest BCUT2D eigenvalue weighted by atomic mass is 79.9. The summed E-state index contributed by atoms with van der Waals surface area (Å²) in [7, 11) is 14.6. The number of hydrogen-bond acceptors (Lipinski definition) is 25. The average Bonchev–Trinajstić information content (AvgIpc) is 1.60. The zero-order valence-corrected chi connectivity index (χ0v) is 80.3. The van der Waals surface area contributed by atoms with E-state index in [4.69, 9.17) is 46.0 Å². The van der Waals surface area contributed by atoms with Gasteiger partial charge in [0.15, 0.2) is 34.4 Å². The number of methoxy groups -OCH3 is 2. The highest BCUT2D eigenvalue weighted by Gasteiger charge is 2.30. The molecule has 0 unspecified atom stereocenters. The monoisotopic (exact) mass is 2030 g/mol. The van der Waals surface area contributed by atoms with Gasteiger partial charge in [0.1, 0.15) is 87.3 Å². The Balaban J connectivity index is 0.000000152. The van der Waals surface area contributed by atoms with Gasteiger partial charge in [-0.25, -0.2) is 62.8 Å². The van der Waals surface area contributed by atoms with E-state index in [9.17, 15) is 33.9 Å². The van der Waals surface area contributed by atoms with Gasteiger partial charge in [0, 0.05) is 94.2 Å². The highest BCUT2D eigenvalue weighted by molar-refractivity contribution is 9.69. The predicted octanol–water partition coefficient (Wildman–Crippen LogP) is 15.7. The van der Waals surface area contributed by atoms with E-state index in [0.29, 0.717) is 138 Å². The largest absolute Gasteiger partial charge is 0.508 e. The lowest BCUT2D eigenvalue weighted by Gasteiger charge is -2.17. The van der Waals surface area contributed by atoms with Crippen molar-refractivity contribution in [2.24, 2.45) is 0 Å². The van der Waals surface area contributed by atoms with Gasteiger partial charge >= 0.3 is 26.2 Å². The smallest absolute Gasteiger partial charge is 0.369 e. The van der Waals surface area contributed by atoms with Crippen molar-refractivity contribution in [2.75, 3.05) is 108 Å². The second-order valence-corrected chi connectivity index (χ2v) is 38.2. The molecule has 15 aromatic rings. The lowest BCUT2D eigenvalue weighted by atomic mass is 10.2. The van der Waals surface area contributed by atoms with Crippen LogP contribution in [0.15, 0.2) is 288 Å². The lowest BCUT2D eigenvalue weighted by Crippen LogP contribution is -2.26. The van der Waals surface area contributed by atoms with Crippen LogP contribution >= 0.6 is 47.3 Å². The quantitative estimate of drug-likeness (QED) is 0.0187. The van der Waals surface area contributed by atoms with E-state index in [2.05, 4.69) is 111 Å². The van der Waals surface area contributed by atoms with E-state index in [-0.39, 0.29) is 49.6 Å². The Morgan fingerprint density at radius 1 is 0.404 bits per heavy atom. The standard InChI is InChI=1S/C33H33N7O4.C32H31N7O4.C25H22N6O3.C8H13NO2.BBr3/c1-37(22-9-10-22)19-5-8-29(41)38(2)24-6-4-7-25(20-24)40-32-30(31(34)35-21-36-32)39(33(40)42)23-11-13-27(14-12-23)44-28-17-15-26(43-3)16-18-28;1-36(21-8-9-21)18-4-7-28(41)37(2)23-5-3-6-24(19-23)39-31-29(30(33)34-20-35-31)38(32(39)42)22-10-14-26(15-11-22)43-27-16-12-25(40)13-17-27;1-27-16-4-3-5-18(14-16)31-24-22(23(26)28-15-29-24)30(25(31)32)17-6-8-20(9-7-17)34-21-12-10-19(33-2)11-13-21;1-9(7-4-5-7)6-2-3-8(10)11;2-1(3)4/h4-8,11-18,20-22H,9-10,19H2,1-3H3,(H2,34,35,36);3-7,10-17,19-21,40H,8-9,18H2,1-2H3,(H2,33,34,35);3-15,27H,1-2H3,(H2,26,28,29);2-3,7H,4-6H2,1H3,(H,10,11);/b8-5+;7-4+;;3-2+;. The van der Waals surface area contributed by atoms with Gasteiger partial charge < -0.3 is 66.2 Å². The van der Waals surface area contributed by atoms with Gasteiger partial charge in [0.05, 0.1) is 48.3 Å². The van der Waals surface area contributed by atoms with Crippen molar-refractivity contribution >= 4 is 136 Å². The third kappa shape index (κ3) is 24.2. The highest BCUT2D eigenvalue weighted by Crippen LogP contribution is 2.35. The Morgan fingerprint density at radius 3 is 0.978 bits per heavy atom. The molecular weight excluding hydrogens is 1930 g/mol. The number of carbonyl (C=O) groups is 3. The summed E-state index contributed by atoms with van der Waals surface area (Å²) in [6, 6.07) is 65.9. The number of nitrogen functional groups attached to an aromatic ring is 3. The lowest BCUT2D eigenvalue weighted by molar-refractivity contribution is -0.131. The Hall–Kier alpha value is -15.0. The number of nitrogens with zero attached hydrogens (tertiary/aromatic N) is 17. The molecule has 0 aliphatic heterocycles. The molecule has 38 heteroatoms. The number of phenols is 1. The second-order valence-electron chi connectivity index (χ2n) is 31.7. The number of nitrogens with two attached hydrogens (primary N) is 3. The third-order valence-corrected chi connectivity index (χ3v) is 22.4. The van der Waals surface area contributed by atoms with Crippen LogP contribution in [0.2, 0.25) is 0 Å². The summed E-state index contributed by atoms with van der Waals surface area (Å²) in [6.07, 6.45) is 21.1. The molecule has 9 aromatic carbocycles. The van der Waals surface area contributed by atoms with Crippen molar-refractivity contribution in [1.29, 1.82) is 0 Å². The third-order valence-electron chi connectivity index (χ3n) is 22.4. The number of amides is 2. The number of imidazole rings is 3. The number of aromatic hydroxyl groups is 1. The number of likely N-dealkylation sites (N-methyl/N-ethyl adjacent to an activating group) is 5. The number of carboxylic acids is 1. The first-order valence-corrected chi connectivity index (χ1v) is 45.8. The molecule has 136 heavy (non-hydrogen) atoms. The molecule has 6 aromatic heterocycles. The van der Waals surface area contributed by atoms with Crippen molar-refractivity contribution in [3.63, 3.8) is 0 Å². The summed E-state index contributed by atoms with van der Waals surface area (Å²) in [5, 5.41) is 20.9. The molecule has 18 rings (SSSR count). The average molecular weight is 2030 g/mol. The summed E-state index contributed by atoms with van der Waals surface area (Å²) in [4.78, 5) is 113. The van der Waals surface area contributed by atoms with Gasteiger partial charge in [-0.3, -0.25) is 38.0 Å². The SMILES string of the molecule is BrB(Br)Br.CN(C(=O)/C=C/CN(C)C1CC1)c1cccc(-n2c(=O)n(-c3ccc(Oc4ccc(O)cc4)cc3)c3c(N)ncnc32)c1.CN(C/C=C/C(=O)O)C1CC1.CNc1cccc(-n2c(=O)n(-c3ccc(Oc4ccc(OC)cc4)cc3)c3c(N)ncnc32)c1.COc1ccc(Oc2ccc(-n3c(=O)n(-c4cccc(N(C)C(=O)/C=C/CN(C)C5CC5)c4)c4ncnc(N)c43)cc2)cc1. The fraction of sp³-hybridized carbons (Fsp3) is 0.204. The molecular formula is C98H99BBr3N21O13. The summed E-state index contributed by atoms with van der Waals surface area (Å²) < 4.78 is 37.2. The number of phenolic OH excluding ortho intramolecular Hbond substituents is 1. The summed E-state index contributed by atoms with van der Waals surface area (Å²) in [5.74, 6) is 4.58. The molecule has 0 atom stereocenters. The van der Waals surface area contributed by atoms with E-state index in [1.807, 2.05) is 111 Å². The zero-order valence-electron chi connectivity index (χ0n) is 75.5. The fourth-order valence-corrected chi connectivity index (χ4v) is 14.7. The zero-order chi connectivity index (χ0) is 96.4. The van der Waals surface area contributed by atoms with Crippen molar-refractivity contribution in [2.45, 2.75) is 56.7 Å². The van der Waals surface area contributed by atoms with Gasteiger partial charge in [-0.05, 0) is 260 Å². The number of fused-ring (bicyclic) bond motifs is 3. The Labute approximate surface area is 807 Å². The van der Waals surface area contributed by atoms with Gasteiger partial charge in [-0.1, -0.05) is 36.4 Å². The first-order chi connectivity index (χ1) is 65.6. The molecule has 34 nitrogen and oxygen atoms in total. The summed E-state index contributed by atoms with van der Waals surface area (Å²) >= 11 is 9.31. The first kappa shape index (κ1) is 97.1. The molecule has 0 bridgehead atoms. The minimum atomic E-state index is -0.866. The number of rotatable bonds is 29. The topological polar surface area (TPSA) is 402 Å². The number of carbonyl (C=O) groups excluding carboxylic acids is 2. The van der Waals surface area contributed by atoms with Gasteiger partial charge in [0.2, 0.25) is 11.8 Å². The predicted molar refractivity (Wildman–Crippen MR) is 542 cm³/mol. The number of aliphatic carboxylic acids is 1. The number of aromatic nitrogens is 12. The van der Waals surface area contributed by atoms with Gasteiger partial charge in [0.25, 0.3) is 0 Å². The van der Waals surface area contributed by atoms with Crippen LogP contribution in [0.5, 0.6) is 51.7 Å². The van der Waals surface area contributed by atoms with Crippen LogP contribution in [0, 0.1) is 0 Å². The van der Waals surface area contributed by atoms with Crippen molar-refractivity contribution in [3.05, 3.63) is 305 Å². The summed E-state index contributed by atoms with van der Waals surface area (Å²) in [5.41, 5.74) is 25.5. The normalized spacial score (nSPS) is 12.8. The Morgan fingerprint density at radius 2 is 0.684 bits per heavy atom. The van der Waals surface area contributed by atoms with E-state index in [1.165, 1.54) is 108 Å². The Kier molecular flexibility index (Phi) is 31.9. The van der Waals surface area contributed by atoms with Crippen LogP contribution in [-0.4, -0.2) is 197 Å². The molecule has 9 N–H and O–H groups in total. The number of carboxylic acid groups (broad SMARTS) is 1. The maximum Gasteiger partial charge on any atom is 0.369 e. The van der Waals surface area contributed by atoms with Crippen LogP contribution in [-0.2, 0) is 14.4 Å². The van der Waals surface area contributed by atoms with Crippen molar-refractivity contribution in [3.8, 4) is 85.9 Å². The Bertz CT molecular complexity index is 7020. The van der Waals surface area contributed by atoms with Crippen LogP contribution < -0.4 is 73.1 Å².